The SMILES string of the molecule is COc1ccc(C(=O)c2ccc(OC3CCC(NC(C)=O)CC3)nc2)c(OC(C)(C)C(=O)OOC(=O)C(F)(F)F)c1. The molecule has 1 saturated carbocycles. The van der Waals surface area contributed by atoms with E-state index in [-0.39, 0.29) is 40.7 Å². The molecule has 1 aliphatic carbocycles. The fourth-order valence-electron chi connectivity index (χ4n) is 3.96. The molecule has 0 radical (unpaired) electrons. The average molecular weight is 583 g/mol. The highest BCUT2D eigenvalue weighted by molar-refractivity contribution is 6.10. The molecule has 222 valence electrons. The van der Waals surface area contributed by atoms with E-state index in [1.165, 1.54) is 50.6 Å². The van der Waals surface area contributed by atoms with Crippen LogP contribution in [-0.4, -0.2) is 59.6 Å². The Morgan fingerprint density at radius 1 is 0.951 bits per heavy atom. The lowest BCUT2D eigenvalue weighted by atomic mass is 9.93. The standard InChI is InChI=1S/C27H29F3N2O9/c1-15(33)32-17-6-8-18(9-7-17)38-22-12-5-16(14-31-22)23(34)20-11-10-19(37-4)13-21(20)39-26(2,3)24(35)40-41-25(36)27(28,29)30/h5,10-14,17-18H,6-9H2,1-4H3,(H,32,33). The molecule has 1 heterocycles. The number of hydrogen-bond acceptors (Lipinski definition) is 10. The molecule has 0 atom stereocenters. The number of hydrogen-bond donors (Lipinski definition) is 1. The van der Waals surface area contributed by atoms with E-state index < -0.39 is 29.5 Å². The molecule has 11 nitrogen and oxygen atoms in total. The van der Waals surface area contributed by atoms with Gasteiger partial charge in [-0.25, -0.2) is 24.3 Å². The maximum absolute atomic E-state index is 13.3. The lowest BCUT2D eigenvalue weighted by molar-refractivity contribution is -0.291. The number of halogens is 3. The first kappa shape index (κ1) is 31.2. The number of nitrogens with zero attached hydrogens (tertiary/aromatic N) is 1. The van der Waals surface area contributed by atoms with Crippen molar-refractivity contribution >= 4 is 23.6 Å². The van der Waals surface area contributed by atoms with Crippen molar-refractivity contribution in [2.75, 3.05) is 7.11 Å². The molecule has 0 bridgehead atoms. The molecule has 1 aliphatic rings. The Morgan fingerprint density at radius 3 is 2.17 bits per heavy atom. The monoisotopic (exact) mass is 582 g/mol. The minimum atomic E-state index is -5.38. The van der Waals surface area contributed by atoms with Gasteiger partial charge in [-0.2, -0.15) is 13.2 Å². The number of alkyl halides is 3. The molecular weight excluding hydrogens is 553 g/mol. The summed E-state index contributed by atoms with van der Waals surface area (Å²) in [5.41, 5.74) is -1.87. The Labute approximate surface area is 233 Å². The number of amides is 1. The van der Waals surface area contributed by atoms with E-state index in [0.29, 0.717) is 5.88 Å². The van der Waals surface area contributed by atoms with Crippen LogP contribution in [0.3, 0.4) is 0 Å². The summed E-state index contributed by atoms with van der Waals surface area (Å²) in [5.74, 6) is -4.41. The molecule has 0 saturated heterocycles. The van der Waals surface area contributed by atoms with Crippen molar-refractivity contribution < 1.29 is 56.3 Å². The highest BCUT2D eigenvalue weighted by Crippen LogP contribution is 2.31. The molecule has 1 N–H and O–H groups in total. The first-order valence-corrected chi connectivity index (χ1v) is 12.5. The first-order valence-electron chi connectivity index (χ1n) is 12.5. The van der Waals surface area contributed by atoms with Gasteiger partial charge in [0.1, 0.15) is 17.6 Å². The van der Waals surface area contributed by atoms with Crippen LogP contribution in [0.25, 0.3) is 0 Å². The van der Waals surface area contributed by atoms with Crippen LogP contribution in [0.2, 0.25) is 0 Å². The number of methoxy groups -OCH3 is 1. The van der Waals surface area contributed by atoms with Crippen LogP contribution >= 0.6 is 0 Å². The summed E-state index contributed by atoms with van der Waals surface area (Å²) in [5, 5.41) is 2.90. The molecule has 14 heteroatoms. The largest absolute Gasteiger partial charge is 0.497 e. The van der Waals surface area contributed by atoms with Crippen molar-refractivity contribution in [3.8, 4) is 17.4 Å². The van der Waals surface area contributed by atoms with E-state index >= 15 is 0 Å². The van der Waals surface area contributed by atoms with Crippen LogP contribution in [0.5, 0.6) is 17.4 Å². The normalized spacial score (nSPS) is 17.1. The zero-order valence-electron chi connectivity index (χ0n) is 22.7. The number of nitrogens with one attached hydrogen (secondary N) is 1. The van der Waals surface area contributed by atoms with Gasteiger partial charge in [-0.05, 0) is 57.7 Å². The number of aromatic nitrogens is 1. The van der Waals surface area contributed by atoms with Crippen LogP contribution in [0.1, 0.15) is 62.4 Å². The second-order valence-electron chi connectivity index (χ2n) is 9.72. The van der Waals surface area contributed by atoms with Crippen molar-refractivity contribution in [1.29, 1.82) is 0 Å². The van der Waals surface area contributed by atoms with Crippen molar-refractivity contribution in [2.45, 2.75) is 70.4 Å². The van der Waals surface area contributed by atoms with Gasteiger partial charge in [0.05, 0.1) is 12.7 Å². The summed E-state index contributed by atoms with van der Waals surface area (Å²) in [6, 6.07) is 7.29. The maximum atomic E-state index is 13.3. The quantitative estimate of drug-likeness (QED) is 0.263. The van der Waals surface area contributed by atoms with Crippen LogP contribution in [-0.2, 0) is 24.2 Å². The maximum Gasteiger partial charge on any atom is 0.495 e. The fourth-order valence-corrected chi connectivity index (χ4v) is 3.96. The molecule has 1 amide bonds. The minimum Gasteiger partial charge on any atom is -0.497 e. The van der Waals surface area contributed by atoms with Gasteiger partial charge < -0.3 is 19.5 Å². The number of ether oxygens (including phenoxy) is 3. The summed E-state index contributed by atoms with van der Waals surface area (Å²) in [7, 11) is 1.35. The van der Waals surface area contributed by atoms with Crippen LogP contribution in [0.4, 0.5) is 13.2 Å². The molecule has 0 aliphatic heterocycles. The van der Waals surface area contributed by atoms with Gasteiger partial charge in [-0.15, -0.1) is 0 Å². The zero-order chi connectivity index (χ0) is 30.4. The predicted molar refractivity (Wildman–Crippen MR) is 134 cm³/mol. The second kappa shape index (κ2) is 12.9. The topological polar surface area (TPSA) is 139 Å². The Bertz CT molecular complexity index is 1270. The lowest BCUT2D eigenvalue weighted by Gasteiger charge is -2.28. The lowest BCUT2D eigenvalue weighted by Crippen LogP contribution is -2.41. The number of benzene rings is 1. The molecule has 41 heavy (non-hydrogen) atoms. The van der Waals surface area contributed by atoms with E-state index in [4.69, 9.17) is 14.2 Å². The second-order valence-corrected chi connectivity index (χ2v) is 9.72. The smallest absolute Gasteiger partial charge is 0.495 e. The number of carbonyl (C=O) groups is 4. The van der Waals surface area contributed by atoms with Gasteiger partial charge in [0.2, 0.25) is 17.4 Å². The highest BCUT2D eigenvalue weighted by Gasteiger charge is 2.44. The van der Waals surface area contributed by atoms with Crippen LogP contribution in [0.15, 0.2) is 36.5 Å². The zero-order valence-corrected chi connectivity index (χ0v) is 22.7. The fraction of sp³-hybridized carbons (Fsp3) is 0.444. The molecule has 0 spiro atoms. The van der Waals surface area contributed by atoms with Gasteiger partial charge in [0, 0.05) is 36.9 Å². The van der Waals surface area contributed by atoms with E-state index in [1.807, 2.05) is 0 Å². The first-order chi connectivity index (χ1) is 19.2. The van der Waals surface area contributed by atoms with E-state index in [9.17, 15) is 32.3 Å². The molecule has 1 aromatic heterocycles. The predicted octanol–water partition coefficient (Wildman–Crippen LogP) is 3.87. The van der Waals surface area contributed by atoms with Gasteiger partial charge in [0.25, 0.3) is 0 Å². The third-order valence-corrected chi connectivity index (χ3v) is 6.08. The Balaban J connectivity index is 1.70. The Morgan fingerprint density at radius 2 is 1.61 bits per heavy atom. The number of pyridine rings is 1. The number of carbonyl (C=O) groups excluding carboxylic acids is 4. The molecule has 1 fully saturated rings. The molecule has 3 rings (SSSR count). The number of ketones is 1. The van der Waals surface area contributed by atoms with Crippen molar-refractivity contribution in [1.82, 2.24) is 10.3 Å². The highest BCUT2D eigenvalue weighted by atomic mass is 19.4. The van der Waals surface area contributed by atoms with Crippen molar-refractivity contribution in [3.63, 3.8) is 0 Å². The van der Waals surface area contributed by atoms with E-state index in [0.717, 1.165) is 39.5 Å². The summed E-state index contributed by atoms with van der Waals surface area (Å²) < 4.78 is 53.8. The van der Waals surface area contributed by atoms with Crippen molar-refractivity contribution in [3.05, 3.63) is 47.7 Å². The van der Waals surface area contributed by atoms with E-state index in [1.54, 1.807) is 0 Å². The molecule has 2 aromatic rings. The average Bonchev–Trinajstić information content (AvgIpc) is 2.91. The summed E-state index contributed by atoms with van der Waals surface area (Å²) in [6.07, 6.45) is -1.15. The Kier molecular flexibility index (Phi) is 9.79. The van der Waals surface area contributed by atoms with Gasteiger partial charge in [-0.3, -0.25) is 9.59 Å². The summed E-state index contributed by atoms with van der Waals surface area (Å²) >= 11 is 0. The molecule has 1 aromatic carbocycles. The third-order valence-electron chi connectivity index (χ3n) is 6.08. The summed E-state index contributed by atoms with van der Waals surface area (Å²) in [4.78, 5) is 59.5. The third kappa shape index (κ3) is 8.56. The van der Waals surface area contributed by atoms with Crippen LogP contribution in [0, 0.1) is 0 Å². The van der Waals surface area contributed by atoms with Gasteiger partial charge in [-0.1, -0.05) is 0 Å². The van der Waals surface area contributed by atoms with Gasteiger partial charge in [0.15, 0.2) is 5.78 Å². The summed E-state index contributed by atoms with van der Waals surface area (Å²) in [6.45, 7) is 3.76. The van der Waals surface area contributed by atoms with Crippen molar-refractivity contribution in [2.24, 2.45) is 0 Å². The van der Waals surface area contributed by atoms with Gasteiger partial charge >= 0.3 is 18.1 Å². The van der Waals surface area contributed by atoms with Crippen LogP contribution < -0.4 is 19.5 Å². The molecule has 0 unspecified atom stereocenters. The van der Waals surface area contributed by atoms with E-state index in [2.05, 4.69) is 20.1 Å². The number of rotatable bonds is 9. The Hall–Kier alpha value is -4.36. The minimum absolute atomic E-state index is 0.0225. The molecular formula is C27H29F3N2O9.